The standard InChI is InChI=1S/C11H16BrNOS/c1-7(2)5-9(13)10(14)6-8-3-4-11(12)15-8/h3-4,7,9H,5-6,13H2,1-2H3. The molecule has 15 heavy (non-hydrogen) atoms. The summed E-state index contributed by atoms with van der Waals surface area (Å²) in [7, 11) is 0. The highest BCUT2D eigenvalue weighted by Gasteiger charge is 2.15. The Bertz CT molecular complexity index is 335. The van der Waals surface area contributed by atoms with Crippen molar-refractivity contribution in [1.29, 1.82) is 0 Å². The second kappa shape index (κ2) is 5.77. The number of ketones is 1. The van der Waals surface area contributed by atoms with E-state index >= 15 is 0 Å². The summed E-state index contributed by atoms with van der Waals surface area (Å²) < 4.78 is 1.06. The Labute approximate surface area is 103 Å². The molecule has 1 aromatic rings. The molecule has 1 heterocycles. The van der Waals surface area contributed by atoms with E-state index in [0.717, 1.165) is 15.1 Å². The Morgan fingerprint density at radius 1 is 1.53 bits per heavy atom. The predicted octanol–water partition coefficient (Wildman–Crippen LogP) is 3.00. The van der Waals surface area contributed by atoms with Crippen LogP contribution < -0.4 is 5.73 Å². The zero-order valence-electron chi connectivity index (χ0n) is 9.00. The van der Waals surface area contributed by atoms with Crippen molar-refractivity contribution < 1.29 is 4.79 Å². The van der Waals surface area contributed by atoms with Crippen LogP contribution in [-0.4, -0.2) is 11.8 Å². The van der Waals surface area contributed by atoms with E-state index in [2.05, 4.69) is 29.8 Å². The number of hydrogen-bond donors (Lipinski definition) is 1. The van der Waals surface area contributed by atoms with Gasteiger partial charge < -0.3 is 5.73 Å². The minimum atomic E-state index is -0.314. The third kappa shape index (κ3) is 4.45. The molecule has 0 saturated carbocycles. The highest BCUT2D eigenvalue weighted by molar-refractivity contribution is 9.11. The average molecular weight is 290 g/mol. The zero-order chi connectivity index (χ0) is 11.4. The topological polar surface area (TPSA) is 43.1 Å². The Kier molecular flexibility index (Phi) is 4.96. The van der Waals surface area contributed by atoms with Gasteiger partial charge in [0.25, 0.3) is 0 Å². The molecule has 1 rings (SSSR count). The minimum absolute atomic E-state index is 0.137. The SMILES string of the molecule is CC(C)CC(N)C(=O)Cc1ccc(Br)s1. The molecule has 0 amide bonds. The van der Waals surface area contributed by atoms with Crippen LogP contribution in [-0.2, 0) is 11.2 Å². The van der Waals surface area contributed by atoms with E-state index < -0.39 is 0 Å². The van der Waals surface area contributed by atoms with E-state index in [1.165, 1.54) is 0 Å². The molecule has 0 bridgehead atoms. The van der Waals surface area contributed by atoms with Crippen molar-refractivity contribution in [3.05, 3.63) is 20.8 Å². The maximum absolute atomic E-state index is 11.7. The number of hydrogen-bond acceptors (Lipinski definition) is 3. The summed E-state index contributed by atoms with van der Waals surface area (Å²) in [5.41, 5.74) is 5.82. The van der Waals surface area contributed by atoms with Crippen molar-refractivity contribution in [2.75, 3.05) is 0 Å². The molecule has 1 unspecified atom stereocenters. The highest BCUT2D eigenvalue weighted by atomic mass is 79.9. The Balaban J connectivity index is 2.48. The van der Waals surface area contributed by atoms with Gasteiger partial charge in [0.15, 0.2) is 5.78 Å². The van der Waals surface area contributed by atoms with Gasteiger partial charge in [0, 0.05) is 11.3 Å². The molecule has 0 aliphatic heterocycles. The van der Waals surface area contributed by atoms with E-state index in [1.807, 2.05) is 12.1 Å². The van der Waals surface area contributed by atoms with Gasteiger partial charge in [0.2, 0.25) is 0 Å². The lowest BCUT2D eigenvalue weighted by atomic mass is 9.99. The number of Topliss-reactive ketones (excluding diaryl/α,β-unsaturated/α-hetero) is 1. The third-order valence-corrected chi connectivity index (χ3v) is 3.74. The second-order valence-corrected chi connectivity index (χ2v) is 6.63. The first kappa shape index (κ1) is 12.9. The van der Waals surface area contributed by atoms with Crippen molar-refractivity contribution in [2.45, 2.75) is 32.7 Å². The van der Waals surface area contributed by atoms with Gasteiger partial charge in [0.05, 0.1) is 9.83 Å². The molecule has 0 radical (unpaired) electrons. The molecule has 0 fully saturated rings. The Morgan fingerprint density at radius 2 is 2.20 bits per heavy atom. The largest absolute Gasteiger partial charge is 0.321 e. The zero-order valence-corrected chi connectivity index (χ0v) is 11.4. The number of rotatable bonds is 5. The monoisotopic (exact) mass is 289 g/mol. The summed E-state index contributed by atoms with van der Waals surface area (Å²) in [5.74, 6) is 0.608. The maximum atomic E-state index is 11.7. The van der Waals surface area contributed by atoms with Crippen molar-refractivity contribution in [3.63, 3.8) is 0 Å². The van der Waals surface area contributed by atoms with Gasteiger partial charge in [-0.15, -0.1) is 11.3 Å². The molecule has 1 atom stereocenters. The van der Waals surface area contributed by atoms with E-state index in [9.17, 15) is 4.79 Å². The van der Waals surface area contributed by atoms with Crippen LogP contribution in [0.2, 0.25) is 0 Å². The highest BCUT2D eigenvalue weighted by Crippen LogP contribution is 2.23. The van der Waals surface area contributed by atoms with E-state index in [0.29, 0.717) is 12.3 Å². The number of carbonyl (C=O) groups is 1. The van der Waals surface area contributed by atoms with Crippen LogP contribution in [0.15, 0.2) is 15.9 Å². The summed E-state index contributed by atoms with van der Waals surface area (Å²) in [6, 6.07) is 3.61. The molecule has 2 nitrogen and oxygen atoms in total. The van der Waals surface area contributed by atoms with Crippen LogP contribution in [0.3, 0.4) is 0 Å². The smallest absolute Gasteiger partial charge is 0.154 e. The molecular formula is C11H16BrNOS. The van der Waals surface area contributed by atoms with Gasteiger partial charge >= 0.3 is 0 Å². The van der Waals surface area contributed by atoms with Crippen molar-refractivity contribution in [1.82, 2.24) is 0 Å². The molecule has 0 aliphatic carbocycles. The summed E-state index contributed by atoms with van der Waals surface area (Å²) >= 11 is 4.97. The molecule has 0 aliphatic rings. The molecule has 4 heteroatoms. The van der Waals surface area contributed by atoms with Crippen LogP contribution >= 0.6 is 27.3 Å². The fourth-order valence-corrected chi connectivity index (χ4v) is 2.88. The van der Waals surface area contributed by atoms with Crippen molar-refractivity contribution in [3.8, 4) is 0 Å². The van der Waals surface area contributed by atoms with Gasteiger partial charge in [-0.1, -0.05) is 13.8 Å². The number of halogens is 1. The molecule has 1 aromatic heterocycles. The van der Waals surface area contributed by atoms with E-state index in [4.69, 9.17) is 5.73 Å². The van der Waals surface area contributed by atoms with Crippen LogP contribution in [0, 0.1) is 5.92 Å². The molecular weight excluding hydrogens is 274 g/mol. The number of nitrogens with two attached hydrogens (primary N) is 1. The average Bonchev–Trinajstić information content (AvgIpc) is 2.50. The van der Waals surface area contributed by atoms with Crippen LogP contribution in [0.5, 0.6) is 0 Å². The van der Waals surface area contributed by atoms with Crippen molar-refractivity contribution in [2.24, 2.45) is 11.7 Å². The molecule has 84 valence electrons. The molecule has 2 N–H and O–H groups in total. The van der Waals surface area contributed by atoms with Gasteiger partial charge in [-0.3, -0.25) is 4.79 Å². The third-order valence-electron chi connectivity index (χ3n) is 2.12. The molecule has 0 saturated heterocycles. The number of carbonyl (C=O) groups excluding carboxylic acids is 1. The fourth-order valence-electron chi connectivity index (χ4n) is 1.39. The summed E-state index contributed by atoms with van der Waals surface area (Å²) in [4.78, 5) is 12.8. The fraction of sp³-hybridized carbons (Fsp3) is 0.545. The van der Waals surface area contributed by atoms with Crippen LogP contribution in [0.25, 0.3) is 0 Å². The quantitative estimate of drug-likeness (QED) is 0.906. The lowest BCUT2D eigenvalue weighted by molar-refractivity contribution is -0.119. The molecule has 0 aromatic carbocycles. The van der Waals surface area contributed by atoms with Crippen LogP contribution in [0.1, 0.15) is 25.1 Å². The summed E-state index contributed by atoms with van der Waals surface area (Å²) in [6.45, 7) is 4.16. The predicted molar refractivity (Wildman–Crippen MR) is 68.2 cm³/mol. The lowest BCUT2D eigenvalue weighted by Gasteiger charge is -2.11. The first-order chi connectivity index (χ1) is 6.99. The molecule has 0 spiro atoms. The van der Waals surface area contributed by atoms with Gasteiger partial charge in [-0.2, -0.15) is 0 Å². The first-order valence-electron chi connectivity index (χ1n) is 5.01. The van der Waals surface area contributed by atoms with E-state index in [-0.39, 0.29) is 11.8 Å². The summed E-state index contributed by atoms with van der Waals surface area (Å²) in [5, 5.41) is 0. The summed E-state index contributed by atoms with van der Waals surface area (Å²) in [6.07, 6.45) is 1.23. The lowest BCUT2D eigenvalue weighted by Crippen LogP contribution is -2.32. The normalized spacial score (nSPS) is 13.1. The van der Waals surface area contributed by atoms with Crippen LogP contribution in [0.4, 0.5) is 0 Å². The van der Waals surface area contributed by atoms with E-state index in [1.54, 1.807) is 11.3 Å². The van der Waals surface area contributed by atoms with Gasteiger partial charge in [0.1, 0.15) is 0 Å². The maximum Gasteiger partial charge on any atom is 0.154 e. The first-order valence-corrected chi connectivity index (χ1v) is 6.62. The van der Waals surface area contributed by atoms with Gasteiger partial charge in [-0.05, 0) is 40.4 Å². The number of thiophene rings is 1. The Hall–Kier alpha value is -0.190. The van der Waals surface area contributed by atoms with Crippen molar-refractivity contribution >= 4 is 33.0 Å². The Morgan fingerprint density at radius 3 is 2.67 bits per heavy atom. The van der Waals surface area contributed by atoms with Gasteiger partial charge in [-0.25, -0.2) is 0 Å². The minimum Gasteiger partial charge on any atom is -0.321 e. The second-order valence-electron chi connectivity index (χ2n) is 4.08.